The number of carbonyl (C=O) groups excluding carboxylic acids is 1. The Morgan fingerprint density at radius 3 is 2.24 bits per heavy atom. The van der Waals surface area contributed by atoms with Gasteiger partial charge in [-0.1, -0.05) is 51.7 Å². The zero-order valence-electron chi connectivity index (χ0n) is 26.4. The van der Waals surface area contributed by atoms with Gasteiger partial charge in [0.15, 0.2) is 0 Å². The van der Waals surface area contributed by atoms with Gasteiger partial charge in [-0.15, -0.1) is 6.58 Å². The number of nitrogens with zero attached hydrogens (tertiary/aromatic N) is 3. The van der Waals surface area contributed by atoms with E-state index in [0.717, 1.165) is 65.0 Å². The van der Waals surface area contributed by atoms with Crippen molar-refractivity contribution in [3.63, 3.8) is 0 Å². The number of hydrogen-bond acceptors (Lipinski definition) is 5. The van der Waals surface area contributed by atoms with Crippen molar-refractivity contribution in [1.82, 2.24) is 4.90 Å². The Morgan fingerprint density at radius 1 is 1.00 bits per heavy atom. The van der Waals surface area contributed by atoms with Gasteiger partial charge in [-0.25, -0.2) is 4.39 Å². The second kappa shape index (κ2) is 17.6. The lowest BCUT2D eigenvalue weighted by molar-refractivity contribution is -0.120. The molecule has 0 bridgehead atoms. The van der Waals surface area contributed by atoms with Gasteiger partial charge >= 0.3 is 0 Å². The van der Waals surface area contributed by atoms with Gasteiger partial charge in [0.25, 0.3) is 0 Å². The molecular formula is C35H54FN3O3. The number of benzene rings is 1. The number of carbonyl (C=O) groups is 1. The highest BCUT2D eigenvalue weighted by molar-refractivity contribution is 5.93. The molecule has 3 fully saturated rings. The zero-order valence-corrected chi connectivity index (χ0v) is 26.4. The van der Waals surface area contributed by atoms with Crippen LogP contribution in [-0.4, -0.2) is 76.5 Å². The van der Waals surface area contributed by atoms with Gasteiger partial charge in [-0.3, -0.25) is 9.69 Å². The maximum absolute atomic E-state index is 15.2. The van der Waals surface area contributed by atoms with Gasteiger partial charge in [0.2, 0.25) is 5.91 Å². The normalized spacial score (nSPS) is 19.3. The Morgan fingerprint density at radius 2 is 1.67 bits per heavy atom. The van der Waals surface area contributed by atoms with Crippen LogP contribution in [0.5, 0.6) is 0 Å². The molecule has 0 radical (unpaired) electrons. The number of morpholine rings is 1. The molecule has 0 aromatic heterocycles. The fourth-order valence-corrected chi connectivity index (χ4v) is 5.73. The number of ether oxygens (including phenoxy) is 2. The number of allylic oxidation sites excluding steroid dienone is 3. The van der Waals surface area contributed by atoms with Gasteiger partial charge in [-0.2, -0.15) is 0 Å². The second-order valence-electron chi connectivity index (χ2n) is 13.0. The predicted molar refractivity (Wildman–Crippen MR) is 173 cm³/mol. The molecule has 3 aliphatic rings. The van der Waals surface area contributed by atoms with Crippen molar-refractivity contribution in [3.8, 4) is 0 Å². The second-order valence-corrected chi connectivity index (χ2v) is 13.0. The van der Waals surface area contributed by atoms with Crippen molar-refractivity contribution in [2.24, 2.45) is 17.3 Å². The number of likely N-dealkylation sites (tertiary alicyclic amines) is 1. The molecule has 0 saturated carbocycles. The van der Waals surface area contributed by atoms with Crippen molar-refractivity contribution < 1.29 is 18.7 Å². The van der Waals surface area contributed by atoms with Crippen molar-refractivity contribution in [2.45, 2.75) is 59.3 Å². The molecule has 4 rings (SSSR count). The van der Waals surface area contributed by atoms with E-state index in [1.165, 1.54) is 0 Å². The summed E-state index contributed by atoms with van der Waals surface area (Å²) in [7, 11) is 0. The van der Waals surface area contributed by atoms with E-state index in [4.69, 9.17) is 9.47 Å². The van der Waals surface area contributed by atoms with Crippen molar-refractivity contribution in [2.75, 3.05) is 75.5 Å². The van der Waals surface area contributed by atoms with Crippen molar-refractivity contribution in [3.05, 3.63) is 61.5 Å². The molecule has 6 nitrogen and oxygen atoms in total. The number of anilines is 2. The largest absolute Gasteiger partial charge is 0.381 e. The zero-order chi connectivity index (χ0) is 30.4. The molecule has 7 heteroatoms. The van der Waals surface area contributed by atoms with Crippen LogP contribution in [-0.2, 0) is 14.3 Å². The van der Waals surface area contributed by atoms with Crippen molar-refractivity contribution in [1.29, 1.82) is 0 Å². The highest BCUT2D eigenvalue weighted by Gasteiger charge is 2.28. The SMILES string of the molecule is C=C/C=C/CN1CCC(CN(C(=O)CC2CCOCC2)c2ccc(N3CCOCC3)c(F)c2)CC1.C=CCC(C)(C)C. The Hall–Kier alpha value is -2.48. The lowest BCUT2D eigenvalue weighted by Gasteiger charge is -2.35. The summed E-state index contributed by atoms with van der Waals surface area (Å²) in [5, 5.41) is 0. The number of rotatable bonds is 10. The first-order valence-corrected chi connectivity index (χ1v) is 15.8. The molecule has 1 aromatic carbocycles. The minimum Gasteiger partial charge on any atom is -0.381 e. The molecule has 42 heavy (non-hydrogen) atoms. The molecule has 0 unspecified atom stereocenters. The van der Waals surface area contributed by atoms with Crippen LogP contribution in [0.2, 0.25) is 0 Å². The standard InChI is InChI=1S/C28H40FN3O3.C7H14/c1-2-3-4-11-30-12-7-24(8-13-30)22-32(28(33)20-23-9-16-34-17-10-23)25-5-6-27(26(29)21-25)31-14-18-35-19-15-31;1-5-6-7(2,3)4/h2-6,21,23-24H,1,7-20,22H2;5H,1,6H2,2-4H3/b4-3+;. The fourth-order valence-electron chi connectivity index (χ4n) is 5.73. The Labute approximate surface area is 254 Å². The molecule has 0 spiro atoms. The quantitative estimate of drug-likeness (QED) is 0.222. The number of halogens is 1. The number of hydrogen-bond donors (Lipinski definition) is 0. The van der Waals surface area contributed by atoms with Crippen LogP contribution in [0.25, 0.3) is 0 Å². The fraction of sp³-hybridized carbons (Fsp3) is 0.629. The van der Waals surface area contributed by atoms with Crippen LogP contribution in [0, 0.1) is 23.1 Å². The summed E-state index contributed by atoms with van der Waals surface area (Å²) in [5.41, 5.74) is 1.70. The van der Waals surface area contributed by atoms with Crippen molar-refractivity contribution >= 4 is 17.3 Å². The van der Waals surface area contributed by atoms with Gasteiger partial charge in [0, 0.05) is 51.5 Å². The number of piperidine rings is 1. The topological polar surface area (TPSA) is 45.2 Å². The summed E-state index contributed by atoms with van der Waals surface area (Å²) >= 11 is 0. The van der Waals surface area contributed by atoms with Gasteiger partial charge in [0.05, 0.1) is 18.9 Å². The van der Waals surface area contributed by atoms with Crippen LogP contribution in [0.3, 0.4) is 0 Å². The third-order valence-electron chi connectivity index (χ3n) is 8.24. The monoisotopic (exact) mass is 583 g/mol. The molecule has 3 saturated heterocycles. The van der Waals surface area contributed by atoms with E-state index >= 15 is 4.39 Å². The Kier molecular flexibility index (Phi) is 14.2. The maximum Gasteiger partial charge on any atom is 0.227 e. The average Bonchev–Trinajstić information content (AvgIpc) is 2.97. The van der Waals surface area contributed by atoms with Gasteiger partial charge in [0.1, 0.15) is 5.82 Å². The van der Waals surface area contributed by atoms with Crippen LogP contribution >= 0.6 is 0 Å². The van der Waals surface area contributed by atoms with E-state index in [1.54, 1.807) is 12.1 Å². The molecular weight excluding hydrogens is 529 g/mol. The molecule has 234 valence electrons. The van der Waals surface area contributed by atoms with Gasteiger partial charge < -0.3 is 19.3 Å². The van der Waals surface area contributed by atoms with E-state index < -0.39 is 0 Å². The third kappa shape index (κ3) is 11.7. The minimum atomic E-state index is -0.267. The highest BCUT2D eigenvalue weighted by Crippen LogP contribution is 2.30. The van der Waals surface area contributed by atoms with E-state index in [1.807, 2.05) is 34.1 Å². The van der Waals surface area contributed by atoms with Crippen LogP contribution in [0.1, 0.15) is 59.3 Å². The summed E-state index contributed by atoms with van der Waals surface area (Å²) < 4.78 is 26.1. The van der Waals surface area contributed by atoms with E-state index in [9.17, 15) is 4.79 Å². The van der Waals surface area contributed by atoms with E-state index in [2.05, 4.69) is 44.9 Å². The maximum atomic E-state index is 15.2. The predicted octanol–water partition coefficient (Wildman–Crippen LogP) is 6.87. The molecule has 0 atom stereocenters. The van der Waals surface area contributed by atoms with Crippen LogP contribution in [0.4, 0.5) is 15.8 Å². The Balaban J connectivity index is 0.000000616. The third-order valence-corrected chi connectivity index (χ3v) is 8.24. The van der Waals surface area contributed by atoms with E-state index in [-0.39, 0.29) is 11.7 Å². The molecule has 1 amide bonds. The summed E-state index contributed by atoms with van der Waals surface area (Å²) in [6.07, 6.45) is 13.4. The summed E-state index contributed by atoms with van der Waals surface area (Å²) in [5.74, 6) is 0.592. The summed E-state index contributed by atoms with van der Waals surface area (Å²) in [6.45, 7) is 21.6. The molecule has 3 aliphatic heterocycles. The first kappa shape index (κ1) is 34.0. The lowest BCUT2D eigenvalue weighted by Crippen LogP contribution is -2.42. The lowest BCUT2D eigenvalue weighted by atomic mass is 9.93. The van der Waals surface area contributed by atoms with Crippen LogP contribution in [0.15, 0.2) is 55.7 Å². The average molecular weight is 584 g/mol. The summed E-state index contributed by atoms with van der Waals surface area (Å²) in [6, 6.07) is 5.31. The van der Waals surface area contributed by atoms with Crippen LogP contribution < -0.4 is 9.80 Å². The van der Waals surface area contributed by atoms with E-state index in [0.29, 0.717) is 67.9 Å². The molecule has 3 heterocycles. The summed E-state index contributed by atoms with van der Waals surface area (Å²) in [4.78, 5) is 19.8. The Bertz CT molecular complexity index is 1000. The first-order valence-electron chi connectivity index (χ1n) is 15.8. The molecule has 1 aromatic rings. The highest BCUT2D eigenvalue weighted by atomic mass is 19.1. The molecule has 0 aliphatic carbocycles. The first-order chi connectivity index (χ1) is 20.2. The molecule has 0 N–H and O–H groups in total. The number of amides is 1. The van der Waals surface area contributed by atoms with Gasteiger partial charge in [-0.05, 0) is 80.6 Å². The smallest absolute Gasteiger partial charge is 0.227 e. The minimum absolute atomic E-state index is 0.103.